The number of nitrogens with zero attached hydrogens (tertiary/aromatic N) is 7. The Balaban J connectivity index is 0.977. The van der Waals surface area contributed by atoms with E-state index in [1.807, 2.05) is 5.38 Å². The van der Waals surface area contributed by atoms with Crippen molar-refractivity contribution >= 4 is 61.2 Å². The van der Waals surface area contributed by atoms with Crippen LogP contribution in [-0.2, 0) is 9.84 Å². The average Bonchev–Trinajstić information content (AvgIpc) is 3.89. The van der Waals surface area contributed by atoms with Gasteiger partial charge >= 0.3 is 0 Å². The summed E-state index contributed by atoms with van der Waals surface area (Å²) in [6.07, 6.45) is 4.86. The minimum atomic E-state index is -3.56. The van der Waals surface area contributed by atoms with Gasteiger partial charge in [0, 0.05) is 69.4 Å². The summed E-state index contributed by atoms with van der Waals surface area (Å²) in [5.41, 5.74) is 1.61. The van der Waals surface area contributed by atoms with E-state index in [2.05, 4.69) is 31.0 Å². The Morgan fingerprint density at radius 3 is 1.89 bits per heavy atom. The van der Waals surface area contributed by atoms with Crippen LogP contribution in [0.3, 0.4) is 0 Å². The smallest absolute Gasteiger partial charge is 0.229 e. The third-order valence-electron chi connectivity index (χ3n) is 8.63. The van der Waals surface area contributed by atoms with Gasteiger partial charge in [0.15, 0.2) is 10.2 Å². The van der Waals surface area contributed by atoms with E-state index >= 15 is 0 Å². The van der Waals surface area contributed by atoms with Crippen LogP contribution < -0.4 is 20.0 Å². The molecule has 13 heteroatoms. The first-order valence-electron chi connectivity index (χ1n) is 15.5. The zero-order valence-corrected chi connectivity index (χ0v) is 27.5. The number of sulfone groups is 1. The van der Waals surface area contributed by atoms with E-state index in [0.717, 1.165) is 81.2 Å². The summed E-state index contributed by atoms with van der Waals surface area (Å²) in [5, 5.41) is 6.61. The average molecular weight is 661 g/mol. The van der Waals surface area contributed by atoms with Gasteiger partial charge in [-0.1, -0.05) is 30.3 Å². The number of thiocarbonyl (C=S) groups is 1. The first-order chi connectivity index (χ1) is 21.9. The van der Waals surface area contributed by atoms with E-state index in [1.165, 1.54) is 37.0 Å². The Morgan fingerprint density at radius 1 is 0.711 bits per heavy atom. The molecule has 45 heavy (non-hydrogen) atoms. The number of nitrogens with one attached hydrogen (secondary N) is 1. The first kappa shape index (κ1) is 29.9. The highest BCUT2D eigenvalue weighted by molar-refractivity contribution is 7.91. The molecule has 1 N–H and O–H groups in total. The predicted molar refractivity (Wildman–Crippen MR) is 184 cm³/mol. The summed E-state index contributed by atoms with van der Waals surface area (Å²) in [4.78, 5) is 24.5. The predicted octanol–water partition coefficient (Wildman–Crippen LogP) is 5.15. The summed E-state index contributed by atoms with van der Waals surface area (Å²) >= 11 is 7.25. The second-order valence-electron chi connectivity index (χ2n) is 11.6. The fourth-order valence-corrected chi connectivity index (χ4v) is 8.40. The van der Waals surface area contributed by atoms with Crippen molar-refractivity contribution in [3.8, 4) is 11.3 Å². The van der Waals surface area contributed by atoms with Crippen molar-refractivity contribution in [1.29, 1.82) is 0 Å². The Morgan fingerprint density at radius 2 is 1.29 bits per heavy atom. The van der Waals surface area contributed by atoms with Crippen LogP contribution in [0.25, 0.3) is 11.3 Å². The maximum atomic E-state index is 12.9. The lowest BCUT2D eigenvalue weighted by Crippen LogP contribution is -2.50. The number of benzene rings is 2. The van der Waals surface area contributed by atoms with Crippen molar-refractivity contribution in [3.05, 3.63) is 66.0 Å². The van der Waals surface area contributed by atoms with Crippen molar-refractivity contribution in [2.24, 2.45) is 0 Å². The molecule has 0 radical (unpaired) electrons. The molecule has 3 fully saturated rings. The molecule has 0 bridgehead atoms. The van der Waals surface area contributed by atoms with Crippen LogP contribution in [0.5, 0.6) is 0 Å². The number of aromatic nitrogens is 3. The molecule has 4 aromatic rings. The summed E-state index contributed by atoms with van der Waals surface area (Å²) in [7, 11) is -3.56. The molecule has 3 aliphatic heterocycles. The van der Waals surface area contributed by atoms with Crippen molar-refractivity contribution in [3.63, 3.8) is 0 Å². The van der Waals surface area contributed by atoms with E-state index < -0.39 is 9.84 Å². The number of hydrogen-bond donors (Lipinski definition) is 1. The second kappa shape index (κ2) is 12.9. The number of anilines is 4. The highest BCUT2D eigenvalue weighted by Gasteiger charge is 2.26. The summed E-state index contributed by atoms with van der Waals surface area (Å²) < 4.78 is 25.9. The molecule has 5 heterocycles. The molecule has 2 aromatic carbocycles. The van der Waals surface area contributed by atoms with E-state index in [1.54, 1.807) is 54.6 Å². The van der Waals surface area contributed by atoms with Crippen LogP contribution in [0, 0.1) is 0 Å². The molecular formula is C32H36N8O2S3. The zero-order chi connectivity index (χ0) is 30.8. The topological polar surface area (TPSA) is 97.8 Å². The molecule has 3 saturated heterocycles. The van der Waals surface area contributed by atoms with Gasteiger partial charge in [-0.25, -0.2) is 13.4 Å². The lowest BCUT2D eigenvalue weighted by molar-refractivity contribution is 0.388. The van der Waals surface area contributed by atoms with Crippen LogP contribution in [0.2, 0.25) is 0 Å². The van der Waals surface area contributed by atoms with E-state index in [0.29, 0.717) is 10.2 Å². The Labute approximate surface area is 273 Å². The Hall–Kier alpha value is -3.81. The fraction of sp³-hybridized carbons (Fsp3) is 0.375. The van der Waals surface area contributed by atoms with E-state index in [9.17, 15) is 8.42 Å². The van der Waals surface area contributed by atoms with Gasteiger partial charge in [0.25, 0.3) is 0 Å². The van der Waals surface area contributed by atoms with Gasteiger partial charge in [-0.15, -0.1) is 11.3 Å². The third kappa shape index (κ3) is 6.47. The first-order valence-corrected chi connectivity index (χ1v) is 18.3. The Bertz CT molecular complexity index is 1710. The van der Waals surface area contributed by atoms with Gasteiger partial charge < -0.3 is 24.9 Å². The van der Waals surface area contributed by atoms with E-state index in [4.69, 9.17) is 27.2 Å². The van der Waals surface area contributed by atoms with Crippen LogP contribution >= 0.6 is 23.6 Å². The largest absolute Gasteiger partial charge is 0.356 e. The summed E-state index contributed by atoms with van der Waals surface area (Å²) in [5.74, 6) is 2.91. The van der Waals surface area contributed by atoms with Gasteiger partial charge in [0.2, 0.25) is 15.8 Å². The van der Waals surface area contributed by atoms with Gasteiger partial charge in [-0.2, -0.15) is 9.97 Å². The number of thiazole rings is 1. The number of rotatable bonds is 7. The Kier molecular flexibility index (Phi) is 8.56. The van der Waals surface area contributed by atoms with Crippen molar-refractivity contribution in [1.82, 2.24) is 19.9 Å². The standard InChI is InChI=1S/C32H36N8O2S3/c41-45(42,25-8-2-1-3-9-25)26-12-10-24(11-13-26)27-23-44-31(33-27)36-32(43)40-20-18-39(19-21-40)30-34-28(37-14-4-5-15-37)22-29(35-30)38-16-6-7-17-38/h1-3,8-13,22-23H,4-7,14-21H2,(H,33,36,43). The molecule has 2 aromatic heterocycles. The minimum absolute atomic E-state index is 0.256. The minimum Gasteiger partial charge on any atom is -0.356 e. The molecule has 3 aliphatic rings. The molecule has 0 aliphatic carbocycles. The van der Waals surface area contributed by atoms with Crippen LogP contribution in [-0.4, -0.2) is 85.7 Å². The highest BCUT2D eigenvalue weighted by Crippen LogP contribution is 2.30. The van der Waals surface area contributed by atoms with Gasteiger partial charge in [0.1, 0.15) is 11.6 Å². The fourth-order valence-electron chi connectivity index (χ4n) is 6.05. The number of piperazine rings is 1. The monoisotopic (exact) mass is 660 g/mol. The van der Waals surface area contributed by atoms with Crippen LogP contribution in [0.4, 0.5) is 22.7 Å². The zero-order valence-electron chi connectivity index (χ0n) is 25.0. The van der Waals surface area contributed by atoms with Crippen molar-refractivity contribution < 1.29 is 8.42 Å². The van der Waals surface area contributed by atoms with Gasteiger partial charge in [-0.05, 0) is 62.2 Å². The molecular weight excluding hydrogens is 625 g/mol. The molecule has 10 nitrogen and oxygen atoms in total. The molecule has 0 saturated carbocycles. The van der Waals surface area contributed by atoms with Gasteiger partial charge in [-0.3, -0.25) is 0 Å². The molecule has 0 atom stereocenters. The lowest BCUT2D eigenvalue weighted by atomic mass is 10.2. The second-order valence-corrected chi connectivity index (χ2v) is 14.8. The lowest BCUT2D eigenvalue weighted by Gasteiger charge is -2.36. The van der Waals surface area contributed by atoms with Crippen molar-refractivity contribution in [2.45, 2.75) is 35.5 Å². The summed E-state index contributed by atoms with van der Waals surface area (Å²) in [6, 6.07) is 17.5. The summed E-state index contributed by atoms with van der Waals surface area (Å²) in [6.45, 7) is 7.33. The molecule has 0 unspecified atom stereocenters. The quantitative estimate of drug-likeness (QED) is 0.267. The molecule has 0 spiro atoms. The van der Waals surface area contributed by atoms with Crippen LogP contribution in [0.1, 0.15) is 25.7 Å². The van der Waals surface area contributed by atoms with Crippen LogP contribution in [0.15, 0.2) is 75.8 Å². The number of hydrogen-bond acceptors (Lipinski definition) is 10. The third-order valence-corrected chi connectivity index (χ3v) is 11.5. The van der Waals surface area contributed by atoms with E-state index in [-0.39, 0.29) is 9.79 Å². The maximum Gasteiger partial charge on any atom is 0.229 e. The molecule has 234 valence electrons. The SMILES string of the molecule is O=S(=O)(c1ccccc1)c1ccc(-c2csc(NC(=S)N3CCN(c4nc(N5CCCC5)cc(N5CCCC5)n4)CC3)n2)cc1. The molecule has 7 rings (SSSR count). The maximum absolute atomic E-state index is 12.9. The molecule has 0 amide bonds. The van der Waals surface area contributed by atoms with Gasteiger partial charge in [0.05, 0.1) is 15.5 Å². The normalized spacial score (nSPS) is 17.2. The van der Waals surface area contributed by atoms with Crippen molar-refractivity contribution in [2.75, 3.05) is 72.4 Å². The highest BCUT2D eigenvalue weighted by atomic mass is 32.2.